The molecule has 0 bridgehead atoms. The molecule has 2 aromatic carbocycles. The summed E-state index contributed by atoms with van der Waals surface area (Å²) in [4.78, 5) is 11.3. The zero-order chi connectivity index (χ0) is 22.0. The van der Waals surface area contributed by atoms with E-state index in [1.807, 2.05) is 44.4 Å². The Balaban J connectivity index is 1.82. The topological polar surface area (TPSA) is 84.9 Å². The summed E-state index contributed by atoms with van der Waals surface area (Å²) in [6, 6.07) is 14.4. The van der Waals surface area contributed by atoms with Crippen LogP contribution in [0.5, 0.6) is 0 Å². The number of hydrogen-bond acceptors (Lipinski definition) is 6. The first-order valence-corrected chi connectivity index (χ1v) is 10.2. The van der Waals surface area contributed by atoms with Gasteiger partial charge in [-0.2, -0.15) is 4.98 Å². The molecule has 0 radical (unpaired) electrons. The molecule has 4 aromatic rings. The van der Waals surface area contributed by atoms with Crippen LogP contribution >= 0.6 is 11.6 Å². The molecular weight excluding hydrogens is 417 g/mol. The van der Waals surface area contributed by atoms with Crippen molar-refractivity contribution in [1.29, 1.82) is 0 Å². The number of nitrogens with two attached hydrogens (primary N) is 1. The number of fused-ring (bicyclic) bond motifs is 1. The molecule has 2 heterocycles. The van der Waals surface area contributed by atoms with Crippen LogP contribution < -0.4 is 11.1 Å². The van der Waals surface area contributed by atoms with Crippen molar-refractivity contribution < 1.29 is 4.39 Å². The molecule has 0 aliphatic heterocycles. The summed E-state index contributed by atoms with van der Waals surface area (Å²) in [7, 11) is 3.98. The van der Waals surface area contributed by atoms with Gasteiger partial charge in [0.05, 0.1) is 22.6 Å². The van der Waals surface area contributed by atoms with Crippen molar-refractivity contribution >= 4 is 34.4 Å². The Morgan fingerprint density at radius 1 is 1.13 bits per heavy atom. The van der Waals surface area contributed by atoms with Crippen LogP contribution in [0.1, 0.15) is 5.56 Å². The van der Waals surface area contributed by atoms with E-state index in [9.17, 15) is 4.39 Å². The summed E-state index contributed by atoms with van der Waals surface area (Å²) >= 11 is 6.03. The monoisotopic (exact) mass is 439 g/mol. The first-order valence-electron chi connectivity index (χ1n) is 9.84. The Kier molecular flexibility index (Phi) is 6.01. The lowest BCUT2D eigenvalue weighted by Crippen LogP contribution is -2.21. The molecule has 0 unspecified atom stereocenters. The molecule has 0 aliphatic rings. The van der Waals surface area contributed by atoms with Gasteiger partial charge in [0.25, 0.3) is 0 Å². The molecule has 2 aromatic heterocycles. The third-order valence-corrected chi connectivity index (χ3v) is 5.14. The van der Waals surface area contributed by atoms with Gasteiger partial charge in [0.1, 0.15) is 11.6 Å². The third kappa shape index (κ3) is 4.60. The van der Waals surface area contributed by atoms with Crippen LogP contribution in [0.25, 0.3) is 22.3 Å². The molecule has 160 valence electrons. The second kappa shape index (κ2) is 8.87. The van der Waals surface area contributed by atoms with Crippen LogP contribution in [0.4, 0.5) is 16.2 Å². The minimum absolute atomic E-state index is 0.0154. The van der Waals surface area contributed by atoms with Gasteiger partial charge in [-0.3, -0.25) is 0 Å². The lowest BCUT2D eigenvalue weighted by atomic mass is 10.1. The molecular formula is C22H23ClFN7. The molecule has 0 saturated heterocycles. The second-order valence-electron chi connectivity index (χ2n) is 7.48. The SMILES string of the molecule is CN(C)CCNc1nc(-c2ccc(F)c(Cl)c2)c2c(N)n(Cc3ccccc3)nc2n1. The number of benzene rings is 2. The highest BCUT2D eigenvalue weighted by Gasteiger charge is 2.19. The van der Waals surface area contributed by atoms with Crippen LogP contribution in [0, 0.1) is 5.82 Å². The molecule has 31 heavy (non-hydrogen) atoms. The summed E-state index contributed by atoms with van der Waals surface area (Å²) in [6.45, 7) is 1.96. The zero-order valence-corrected chi connectivity index (χ0v) is 18.1. The molecule has 0 atom stereocenters. The molecule has 0 fully saturated rings. The number of aromatic nitrogens is 4. The predicted octanol–water partition coefficient (Wildman–Crippen LogP) is 3.89. The maximum atomic E-state index is 13.8. The molecule has 0 aliphatic carbocycles. The smallest absolute Gasteiger partial charge is 0.225 e. The highest BCUT2D eigenvalue weighted by atomic mass is 35.5. The number of nitrogens with zero attached hydrogens (tertiary/aromatic N) is 5. The number of rotatable bonds is 7. The molecule has 0 amide bonds. The quantitative estimate of drug-likeness (QED) is 0.454. The van der Waals surface area contributed by atoms with Gasteiger partial charge in [-0.1, -0.05) is 41.9 Å². The van der Waals surface area contributed by atoms with Gasteiger partial charge in [0.2, 0.25) is 5.95 Å². The van der Waals surface area contributed by atoms with E-state index in [0.717, 1.165) is 12.1 Å². The lowest BCUT2D eigenvalue weighted by molar-refractivity contribution is 0.425. The van der Waals surface area contributed by atoms with Crippen molar-refractivity contribution in [2.45, 2.75) is 6.54 Å². The van der Waals surface area contributed by atoms with Gasteiger partial charge in [-0.25, -0.2) is 14.1 Å². The average Bonchev–Trinajstić information content (AvgIpc) is 3.05. The van der Waals surface area contributed by atoms with Crippen molar-refractivity contribution in [3.63, 3.8) is 0 Å². The number of nitrogen functional groups attached to an aromatic ring is 1. The van der Waals surface area contributed by atoms with Gasteiger partial charge >= 0.3 is 0 Å². The van der Waals surface area contributed by atoms with E-state index < -0.39 is 5.82 Å². The number of anilines is 2. The lowest BCUT2D eigenvalue weighted by Gasteiger charge is -2.11. The predicted molar refractivity (Wildman–Crippen MR) is 123 cm³/mol. The van der Waals surface area contributed by atoms with Gasteiger partial charge in [-0.15, -0.1) is 5.10 Å². The maximum absolute atomic E-state index is 13.8. The number of halogens is 2. The highest BCUT2D eigenvalue weighted by Crippen LogP contribution is 2.33. The van der Waals surface area contributed by atoms with Gasteiger partial charge < -0.3 is 16.0 Å². The van der Waals surface area contributed by atoms with Crippen molar-refractivity contribution in [3.05, 3.63) is 64.9 Å². The number of hydrogen-bond donors (Lipinski definition) is 2. The standard InChI is InChI=1S/C22H23ClFN7/c1-30(2)11-10-26-22-27-19(15-8-9-17(24)16(23)12-15)18-20(25)31(29-21(18)28-22)13-14-6-4-3-5-7-14/h3-9,12H,10-11,13,25H2,1-2H3,(H,26,28,29). The van der Waals surface area contributed by atoms with E-state index >= 15 is 0 Å². The number of likely N-dealkylation sites (N-methyl/N-ethyl adjacent to an activating group) is 1. The number of nitrogens with one attached hydrogen (secondary N) is 1. The Labute approximate surface area is 184 Å². The van der Waals surface area contributed by atoms with E-state index in [0.29, 0.717) is 47.1 Å². The molecule has 0 spiro atoms. The van der Waals surface area contributed by atoms with Gasteiger partial charge in [0.15, 0.2) is 5.65 Å². The van der Waals surface area contributed by atoms with Gasteiger partial charge in [-0.05, 0) is 37.9 Å². The normalized spacial score (nSPS) is 11.4. The van der Waals surface area contributed by atoms with Crippen molar-refractivity contribution in [3.8, 4) is 11.3 Å². The third-order valence-electron chi connectivity index (χ3n) is 4.85. The minimum atomic E-state index is -0.493. The van der Waals surface area contributed by atoms with E-state index in [1.165, 1.54) is 12.1 Å². The maximum Gasteiger partial charge on any atom is 0.225 e. The molecule has 3 N–H and O–H groups in total. The summed E-state index contributed by atoms with van der Waals surface area (Å²) in [6.07, 6.45) is 0. The van der Waals surface area contributed by atoms with E-state index in [2.05, 4.69) is 25.3 Å². The minimum Gasteiger partial charge on any atom is -0.383 e. The first-order chi connectivity index (χ1) is 14.9. The van der Waals surface area contributed by atoms with Crippen LogP contribution in [0.15, 0.2) is 48.5 Å². The van der Waals surface area contributed by atoms with E-state index in [1.54, 1.807) is 10.7 Å². The van der Waals surface area contributed by atoms with Crippen molar-refractivity contribution in [2.24, 2.45) is 0 Å². The summed E-state index contributed by atoms with van der Waals surface area (Å²) in [5.41, 5.74) is 9.19. The molecule has 7 nitrogen and oxygen atoms in total. The fourth-order valence-electron chi connectivity index (χ4n) is 3.25. The Morgan fingerprint density at radius 2 is 1.90 bits per heavy atom. The summed E-state index contributed by atoms with van der Waals surface area (Å²) < 4.78 is 15.5. The van der Waals surface area contributed by atoms with Crippen molar-refractivity contribution in [1.82, 2.24) is 24.6 Å². The Hall–Kier alpha value is -3.23. The largest absolute Gasteiger partial charge is 0.383 e. The molecule has 9 heteroatoms. The van der Waals surface area contributed by atoms with Crippen molar-refractivity contribution in [2.75, 3.05) is 38.2 Å². The van der Waals surface area contributed by atoms with Crippen LogP contribution in [-0.4, -0.2) is 51.8 Å². The fourth-order valence-corrected chi connectivity index (χ4v) is 3.43. The average molecular weight is 440 g/mol. The molecule has 0 saturated carbocycles. The Morgan fingerprint density at radius 3 is 2.61 bits per heavy atom. The van der Waals surface area contributed by atoms with E-state index in [-0.39, 0.29) is 5.02 Å². The fraction of sp³-hybridized carbons (Fsp3) is 0.227. The highest BCUT2D eigenvalue weighted by molar-refractivity contribution is 6.31. The van der Waals surface area contributed by atoms with Crippen LogP contribution in [0.2, 0.25) is 5.02 Å². The second-order valence-corrected chi connectivity index (χ2v) is 7.89. The zero-order valence-electron chi connectivity index (χ0n) is 17.3. The summed E-state index contributed by atoms with van der Waals surface area (Å²) in [5.74, 6) is 0.371. The first kappa shape index (κ1) is 21.0. The van der Waals surface area contributed by atoms with Gasteiger partial charge in [0, 0.05) is 18.7 Å². The van der Waals surface area contributed by atoms with E-state index in [4.69, 9.17) is 17.3 Å². The summed E-state index contributed by atoms with van der Waals surface area (Å²) in [5, 5.41) is 8.47. The molecule has 4 rings (SSSR count). The Bertz CT molecular complexity index is 1210. The van der Waals surface area contributed by atoms with Crippen LogP contribution in [0.3, 0.4) is 0 Å². The van der Waals surface area contributed by atoms with Crippen LogP contribution in [-0.2, 0) is 6.54 Å².